The predicted octanol–water partition coefficient (Wildman–Crippen LogP) is 3.19. The molecule has 0 amide bonds. The number of carboxylic acids is 1. The van der Waals surface area contributed by atoms with Gasteiger partial charge in [0, 0.05) is 12.1 Å². The fourth-order valence-corrected chi connectivity index (χ4v) is 4.16. The first-order valence-corrected chi connectivity index (χ1v) is 7.74. The summed E-state index contributed by atoms with van der Waals surface area (Å²) in [7, 11) is 0. The number of aliphatic carboxylic acids is 1. The summed E-state index contributed by atoms with van der Waals surface area (Å²) in [5, 5.41) is 9.27. The van der Waals surface area contributed by atoms with Gasteiger partial charge in [0.05, 0.1) is 17.7 Å². The Morgan fingerprint density at radius 3 is 2.95 bits per heavy atom. The highest BCUT2D eigenvalue weighted by atomic mass is 16.4. The first-order chi connectivity index (χ1) is 10.3. The zero-order valence-corrected chi connectivity index (χ0v) is 11.9. The third-order valence-corrected chi connectivity index (χ3v) is 5.09. The van der Waals surface area contributed by atoms with Crippen molar-refractivity contribution in [1.29, 1.82) is 0 Å². The van der Waals surface area contributed by atoms with Crippen LogP contribution in [0.15, 0.2) is 59.4 Å². The van der Waals surface area contributed by atoms with E-state index in [0.717, 1.165) is 12.8 Å². The zero-order chi connectivity index (χ0) is 14.4. The van der Waals surface area contributed by atoms with Crippen LogP contribution in [0.2, 0.25) is 0 Å². The van der Waals surface area contributed by atoms with Crippen molar-refractivity contribution in [1.82, 2.24) is 4.90 Å². The zero-order valence-electron chi connectivity index (χ0n) is 11.9. The lowest BCUT2D eigenvalue weighted by Gasteiger charge is -2.49. The number of fused-ring (bicyclic) bond motifs is 5. The van der Waals surface area contributed by atoms with Crippen molar-refractivity contribution < 1.29 is 9.90 Å². The van der Waals surface area contributed by atoms with Gasteiger partial charge in [-0.1, -0.05) is 36.8 Å². The SMILES string of the molecule is O=C(O)C1=CN2C3CCCCC3=C3C=CC=CC3C2C=C1. The Labute approximate surface area is 124 Å². The minimum absolute atomic E-state index is 0.260. The molecule has 3 atom stereocenters. The van der Waals surface area contributed by atoms with Gasteiger partial charge in [0.25, 0.3) is 0 Å². The third kappa shape index (κ3) is 1.91. The molecule has 2 aliphatic carbocycles. The predicted molar refractivity (Wildman–Crippen MR) is 81.5 cm³/mol. The van der Waals surface area contributed by atoms with E-state index in [9.17, 15) is 9.90 Å². The Kier molecular flexibility index (Phi) is 2.88. The Balaban J connectivity index is 1.82. The fraction of sp³-hybridized carbons (Fsp3) is 0.389. The van der Waals surface area contributed by atoms with Gasteiger partial charge >= 0.3 is 5.97 Å². The third-order valence-electron chi connectivity index (χ3n) is 5.09. The van der Waals surface area contributed by atoms with E-state index < -0.39 is 5.97 Å². The summed E-state index contributed by atoms with van der Waals surface area (Å²) < 4.78 is 0. The van der Waals surface area contributed by atoms with Crippen molar-refractivity contribution in [3.63, 3.8) is 0 Å². The molecule has 4 aliphatic rings. The molecule has 1 saturated carbocycles. The van der Waals surface area contributed by atoms with E-state index in [4.69, 9.17) is 0 Å². The topological polar surface area (TPSA) is 40.5 Å². The number of hydrogen-bond donors (Lipinski definition) is 1. The fourth-order valence-electron chi connectivity index (χ4n) is 4.16. The summed E-state index contributed by atoms with van der Waals surface area (Å²) in [6, 6.07) is 0.640. The lowest BCUT2D eigenvalue weighted by atomic mass is 9.72. The van der Waals surface area contributed by atoms with Crippen LogP contribution in [0.3, 0.4) is 0 Å². The maximum Gasteiger partial charge on any atom is 0.337 e. The second kappa shape index (κ2) is 4.76. The van der Waals surface area contributed by atoms with Crippen molar-refractivity contribution in [2.75, 3.05) is 0 Å². The van der Waals surface area contributed by atoms with Gasteiger partial charge in [-0.25, -0.2) is 4.79 Å². The molecule has 3 unspecified atom stereocenters. The average Bonchev–Trinajstić information content (AvgIpc) is 2.54. The standard InChI is InChI=1S/C18H19NO2/c20-18(21)12-9-10-17-15-6-2-1-5-13(15)14-7-3-4-8-16(14)19(17)11-12/h1-2,5-6,9-11,15-17H,3-4,7-8H2,(H,20,21). The molecular formula is C18H19NO2. The van der Waals surface area contributed by atoms with Crippen LogP contribution in [-0.4, -0.2) is 28.1 Å². The maximum atomic E-state index is 11.3. The second-order valence-electron chi connectivity index (χ2n) is 6.20. The molecule has 0 aromatic heterocycles. The van der Waals surface area contributed by atoms with E-state index in [1.807, 2.05) is 6.20 Å². The number of allylic oxidation sites excluding steroid dienone is 3. The summed E-state index contributed by atoms with van der Waals surface area (Å²) in [5.74, 6) is -0.474. The summed E-state index contributed by atoms with van der Waals surface area (Å²) >= 11 is 0. The van der Waals surface area contributed by atoms with Crippen molar-refractivity contribution in [3.05, 3.63) is 59.4 Å². The molecular weight excluding hydrogens is 262 g/mol. The summed E-state index contributed by atoms with van der Waals surface area (Å²) in [6.07, 6.45) is 19.2. The Morgan fingerprint density at radius 2 is 2.10 bits per heavy atom. The van der Waals surface area contributed by atoms with Gasteiger partial charge in [-0.2, -0.15) is 0 Å². The van der Waals surface area contributed by atoms with Gasteiger partial charge in [0.15, 0.2) is 0 Å². The monoisotopic (exact) mass is 281 g/mol. The largest absolute Gasteiger partial charge is 0.478 e. The smallest absolute Gasteiger partial charge is 0.337 e. The van der Waals surface area contributed by atoms with Crippen LogP contribution in [0.1, 0.15) is 25.7 Å². The molecule has 108 valence electrons. The van der Waals surface area contributed by atoms with Gasteiger partial charge in [-0.3, -0.25) is 0 Å². The van der Waals surface area contributed by atoms with Gasteiger partial charge in [-0.15, -0.1) is 0 Å². The van der Waals surface area contributed by atoms with E-state index in [2.05, 4.69) is 35.3 Å². The lowest BCUT2D eigenvalue weighted by Crippen LogP contribution is -2.50. The van der Waals surface area contributed by atoms with Gasteiger partial charge < -0.3 is 10.0 Å². The van der Waals surface area contributed by atoms with Crippen molar-refractivity contribution in [2.24, 2.45) is 5.92 Å². The minimum Gasteiger partial charge on any atom is -0.478 e. The number of rotatable bonds is 1. The van der Waals surface area contributed by atoms with Crippen LogP contribution in [-0.2, 0) is 4.79 Å². The van der Waals surface area contributed by atoms with E-state index in [0.29, 0.717) is 17.5 Å². The van der Waals surface area contributed by atoms with E-state index >= 15 is 0 Å². The van der Waals surface area contributed by atoms with Gasteiger partial charge in [0.1, 0.15) is 0 Å². The molecule has 0 aromatic carbocycles. The van der Waals surface area contributed by atoms with Crippen molar-refractivity contribution >= 4 is 5.97 Å². The molecule has 0 aromatic rings. The molecule has 3 heteroatoms. The van der Waals surface area contributed by atoms with Crippen molar-refractivity contribution in [3.8, 4) is 0 Å². The van der Waals surface area contributed by atoms with Gasteiger partial charge in [0.2, 0.25) is 0 Å². The summed E-state index contributed by atoms with van der Waals surface area (Å²) in [6.45, 7) is 0. The quantitative estimate of drug-likeness (QED) is 0.802. The molecule has 1 fully saturated rings. The number of carbonyl (C=O) groups is 1. The Morgan fingerprint density at radius 1 is 1.19 bits per heavy atom. The van der Waals surface area contributed by atoms with Crippen molar-refractivity contribution in [2.45, 2.75) is 37.8 Å². The van der Waals surface area contributed by atoms with Crippen LogP contribution in [0.25, 0.3) is 0 Å². The highest BCUT2D eigenvalue weighted by molar-refractivity contribution is 5.90. The minimum atomic E-state index is -0.837. The van der Waals surface area contributed by atoms with Crippen LogP contribution in [0.4, 0.5) is 0 Å². The van der Waals surface area contributed by atoms with E-state index in [-0.39, 0.29) is 6.04 Å². The van der Waals surface area contributed by atoms with Gasteiger partial charge in [-0.05, 0) is 36.5 Å². The Hall–Kier alpha value is -2.03. The maximum absolute atomic E-state index is 11.3. The summed E-state index contributed by atoms with van der Waals surface area (Å²) in [4.78, 5) is 13.6. The van der Waals surface area contributed by atoms with Crippen LogP contribution >= 0.6 is 0 Å². The van der Waals surface area contributed by atoms with Crippen LogP contribution in [0.5, 0.6) is 0 Å². The highest BCUT2D eigenvalue weighted by Gasteiger charge is 2.40. The van der Waals surface area contributed by atoms with E-state index in [1.165, 1.54) is 24.0 Å². The molecule has 0 spiro atoms. The molecule has 0 saturated heterocycles. The first-order valence-electron chi connectivity index (χ1n) is 7.74. The van der Waals surface area contributed by atoms with Crippen LogP contribution in [0, 0.1) is 5.92 Å². The molecule has 4 rings (SSSR count). The molecule has 2 heterocycles. The Bertz CT molecular complexity index is 636. The second-order valence-corrected chi connectivity index (χ2v) is 6.20. The average molecular weight is 281 g/mol. The molecule has 2 aliphatic heterocycles. The highest BCUT2D eigenvalue weighted by Crippen LogP contribution is 2.44. The molecule has 1 N–H and O–H groups in total. The van der Waals surface area contributed by atoms with E-state index in [1.54, 1.807) is 6.08 Å². The molecule has 0 bridgehead atoms. The molecule has 21 heavy (non-hydrogen) atoms. The van der Waals surface area contributed by atoms with Crippen LogP contribution < -0.4 is 0 Å². The number of carboxylic acid groups (broad SMARTS) is 1. The summed E-state index contributed by atoms with van der Waals surface area (Å²) in [5.41, 5.74) is 3.40. The lowest BCUT2D eigenvalue weighted by molar-refractivity contribution is -0.132. The molecule has 3 nitrogen and oxygen atoms in total. The number of nitrogens with zero attached hydrogens (tertiary/aromatic N) is 1. The molecule has 0 radical (unpaired) electrons. The normalized spacial score (nSPS) is 33.2. The number of hydrogen-bond acceptors (Lipinski definition) is 2. The first kappa shape index (κ1) is 12.7.